The number of alkyl halides is 3. The van der Waals surface area contributed by atoms with Crippen molar-refractivity contribution in [3.63, 3.8) is 0 Å². The molecular formula is C27H38F3N7O5S. The van der Waals surface area contributed by atoms with Gasteiger partial charge < -0.3 is 15.2 Å². The zero-order chi connectivity index (χ0) is 32.2. The van der Waals surface area contributed by atoms with Crippen LogP contribution < -0.4 is 14.8 Å². The number of aromatic nitrogens is 4. The highest BCUT2D eigenvalue weighted by Crippen LogP contribution is 2.42. The Labute approximate surface area is 248 Å². The van der Waals surface area contributed by atoms with E-state index < -0.39 is 51.9 Å². The Morgan fingerprint density at radius 1 is 1.23 bits per heavy atom. The SMILES string of the molecule is C[C@@H]1CN(C2(C)NC(n3ccc(OCC(C)(C)C(F)(F)F)n3)=CC=C2C(=O)NS(=O)(=O)c2cn(C)nc2CO)C(C)(C)C1. The number of hydrogen-bond acceptors (Lipinski definition) is 9. The molecule has 12 nitrogen and oxygen atoms in total. The van der Waals surface area contributed by atoms with Crippen LogP contribution in [0.2, 0.25) is 0 Å². The van der Waals surface area contributed by atoms with E-state index in [1.165, 1.54) is 47.0 Å². The number of carbonyl (C=O) groups is 1. The first-order valence-corrected chi connectivity index (χ1v) is 15.1. The molecule has 1 unspecified atom stereocenters. The summed E-state index contributed by atoms with van der Waals surface area (Å²) in [5, 5.41) is 21.1. The number of hydrogen-bond donors (Lipinski definition) is 3. The number of rotatable bonds is 9. The number of halogens is 3. The summed E-state index contributed by atoms with van der Waals surface area (Å²) in [6.45, 7) is 9.28. The van der Waals surface area contributed by atoms with Gasteiger partial charge in [-0.2, -0.15) is 18.3 Å². The van der Waals surface area contributed by atoms with Crippen molar-refractivity contribution < 1.29 is 36.2 Å². The second-order valence-corrected chi connectivity index (χ2v) is 14.2. The van der Waals surface area contributed by atoms with Gasteiger partial charge in [-0.25, -0.2) is 17.8 Å². The standard InChI is InChI=1S/C27H38F3N7O5S/c1-17-12-25(4,5)37(13-17)26(6)18(23(39)34-43(40,41)20-14-35(7)32-19(20)15-38)8-9-21(31-26)36-11-10-22(33-36)42-16-24(2,3)27(28,29)30/h8-11,14,17,31,38H,12-13,15-16H2,1-7H3,(H,34,39)/t17-,26?/m0/s1. The van der Waals surface area contributed by atoms with Crippen molar-refractivity contribution in [2.24, 2.45) is 18.4 Å². The lowest BCUT2D eigenvalue weighted by molar-refractivity contribution is -0.219. The molecule has 2 aliphatic heterocycles. The number of ether oxygens (including phenoxy) is 1. The van der Waals surface area contributed by atoms with Crippen LogP contribution in [-0.2, 0) is 28.5 Å². The molecule has 0 saturated carbocycles. The highest BCUT2D eigenvalue weighted by atomic mass is 32.2. The Kier molecular flexibility index (Phi) is 8.30. The molecule has 0 aromatic carbocycles. The quantitative estimate of drug-likeness (QED) is 0.382. The summed E-state index contributed by atoms with van der Waals surface area (Å²) in [5.41, 5.74) is -3.73. The van der Waals surface area contributed by atoms with E-state index in [0.717, 1.165) is 20.3 Å². The van der Waals surface area contributed by atoms with Gasteiger partial charge >= 0.3 is 6.18 Å². The maximum absolute atomic E-state index is 13.7. The number of likely N-dealkylation sites (tertiary alicyclic amines) is 1. The molecule has 0 aliphatic carbocycles. The summed E-state index contributed by atoms with van der Waals surface area (Å²) in [6, 6.07) is 1.43. The Morgan fingerprint density at radius 3 is 2.49 bits per heavy atom. The Hall–Kier alpha value is -3.37. The van der Waals surface area contributed by atoms with Crippen LogP contribution in [0.3, 0.4) is 0 Å². The van der Waals surface area contributed by atoms with Crippen molar-refractivity contribution in [3.05, 3.63) is 41.9 Å². The third kappa shape index (κ3) is 6.31. The molecular weight excluding hydrogens is 591 g/mol. The van der Waals surface area contributed by atoms with Crippen LogP contribution in [0.15, 0.2) is 41.1 Å². The summed E-state index contributed by atoms with van der Waals surface area (Å²) in [7, 11) is -2.90. The van der Waals surface area contributed by atoms with E-state index in [4.69, 9.17) is 4.74 Å². The minimum atomic E-state index is -4.46. The lowest BCUT2D eigenvalue weighted by atomic mass is 9.90. The third-order valence-electron chi connectivity index (χ3n) is 7.85. The van der Waals surface area contributed by atoms with Crippen LogP contribution in [-0.4, -0.2) is 74.4 Å². The molecule has 16 heteroatoms. The maximum atomic E-state index is 13.7. The van der Waals surface area contributed by atoms with Gasteiger partial charge in [0.25, 0.3) is 15.9 Å². The fourth-order valence-electron chi connectivity index (χ4n) is 5.63. The lowest BCUT2D eigenvalue weighted by Gasteiger charge is -2.49. The summed E-state index contributed by atoms with van der Waals surface area (Å²) in [6.07, 6.45) is 2.06. The van der Waals surface area contributed by atoms with Gasteiger partial charge in [0.2, 0.25) is 5.88 Å². The van der Waals surface area contributed by atoms with Crippen LogP contribution in [0.4, 0.5) is 13.2 Å². The second-order valence-electron chi connectivity index (χ2n) is 12.5. The number of nitrogens with one attached hydrogen (secondary N) is 2. The van der Waals surface area contributed by atoms with Crippen molar-refractivity contribution in [1.82, 2.24) is 34.5 Å². The minimum absolute atomic E-state index is 0.0216. The van der Waals surface area contributed by atoms with Crippen molar-refractivity contribution in [3.8, 4) is 5.88 Å². The smallest absolute Gasteiger partial charge is 0.397 e. The second kappa shape index (κ2) is 11.0. The van der Waals surface area contributed by atoms with E-state index in [1.54, 1.807) is 6.92 Å². The van der Waals surface area contributed by atoms with Gasteiger partial charge in [0, 0.05) is 37.6 Å². The van der Waals surface area contributed by atoms with Crippen LogP contribution in [0, 0.1) is 11.3 Å². The van der Waals surface area contributed by atoms with Crippen LogP contribution >= 0.6 is 0 Å². The van der Waals surface area contributed by atoms with Crippen molar-refractivity contribution >= 4 is 21.8 Å². The van der Waals surface area contributed by atoms with Gasteiger partial charge in [-0.1, -0.05) is 6.92 Å². The number of amides is 1. The molecule has 2 aromatic heterocycles. The maximum Gasteiger partial charge on any atom is 0.397 e. The van der Waals surface area contributed by atoms with Gasteiger partial charge in [0.1, 0.15) is 28.7 Å². The molecule has 3 N–H and O–H groups in total. The molecule has 1 saturated heterocycles. The van der Waals surface area contributed by atoms with Gasteiger partial charge in [-0.15, -0.1) is 5.10 Å². The van der Waals surface area contributed by atoms with Crippen LogP contribution in [0.1, 0.15) is 53.7 Å². The number of aliphatic hydroxyl groups excluding tert-OH is 1. The average Bonchev–Trinajstić information content (AvgIpc) is 3.58. The Morgan fingerprint density at radius 2 is 1.91 bits per heavy atom. The van der Waals surface area contributed by atoms with Crippen LogP contribution in [0.25, 0.3) is 5.82 Å². The molecule has 4 heterocycles. The van der Waals surface area contributed by atoms with E-state index in [1.807, 2.05) is 13.8 Å². The Bertz CT molecular complexity index is 1560. The average molecular weight is 630 g/mol. The fraction of sp³-hybridized carbons (Fsp3) is 0.593. The third-order valence-corrected chi connectivity index (χ3v) is 9.23. The molecule has 1 amide bonds. The number of aliphatic hydroxyl groups is 1. The zero-order valence-electron chi connectivity index (χ0n) is 25.2. The number of allylic oxidation sites excluding steroid dienone is 2. The monoisotopic (exact) mass is 629 g/mol. The van der Waals surface area contributed by atoms with Gasteiger partial charge in [-0.3, -0.25) is 14.4 Å². The summed E-state index contributed by atoms with van der Waals surface area (Å²) < 4.78 is 76.3. The molecule has 43 heavy (non-hydrogen) atoms. The predicted octanol–water partition coefficient (Wildman–Crippen LogP) is 2.75. The predicted molar refractivity (Wildman–Crippen MR) is 150 cm³/mol. The first-order chi connectivity index (χ1) is 19.7. The zero-order valence-corrected chi connectivity index (χ0v) is 26.0. The highest BCUT2D eigenvalue weighted by molar-refractivity contribution is 7.90. The first-order valence-electron chi connectivity index (χ1n) is 13.6. The van der Waals surface area contributed by atoms with Crippen LogP contribution in [0.5, 0.6) is 5.88 Å². The largest absolute Gasteiger partial charge is 0.476 e. The molecule has 2 aromatic rings. The van der Waals surface area contributed by atoms with Gasteiger partial charge in [0.05, 0.1) is 17.6 Å². The van der Waals surface area contributed by atoms with Gasteiger partial charge in [0.15, 0.2) is 0 Å². The first kappa shape index (κ1) is 32.5. The van der Waals surface area contributed by atoms with E-state index in [-0.39, 0.29) is 28.0 Å². The molecule has 0 spiro atoms. The fourth-order valence-corrected chi connectivity index (χ4v) is 6.80. The number of sulfonamides is 1. The summed E-state index contributed by atoms with van der Waals surface area (Å²) in [4.78, 5) is 15.4. The van der Waals surface area contributed by atoms with E-state index >= 15 is 0 Å². The molecule has 1 fully saturated rings. The number of nitrogens with zero attached hydrogens (tertiary/aromatic N) is 5. The molecule has 4 rings (SSSR count). The number of carbonyl (C=O) groups excluding carboxylic acids is 1. The molecule has 0 radical (unpaired) electrons. The number of aryl methyl sites for hydroxylation is 1. The van der Waals surface area contributed by atoms with E-state index in [2.05, 4.69) is 32.1 Å². The van der Waals surface area contributed by atoms with E-state index in [0.29, 0.717) is 12.4 Å². The van der Waals surface area contributed by atoms with Crippen molar-refractivity contribution in [2.75, 3.05) is 13.2 Å². The minimum Gasteiger partial charge on any atom is -0.476 e. The summed E-state index contributed by atoms with van der Waals surface area (Å²) in [5.74, 6) is -0.254. The lowest BCUT2D eigenvalue weighted by Crippen LogP contribution is -2.65. The molecule has 0 bridgehead atoms. The van der Waals surface area contributed by atoms with Gasteiger partial charge in [-0.05, 0) is 59.1 Å². The van der Waals surface area contributed by atoms with E-state index in [9.17, 15) is 31.5 Å². The molecule has 2 aliphatic rings. The van der Waals surface area contributed by atoms with Crippen molar-refractivity contribution in [2.45, 2.75) is 76.8 Å². The molecule has 238 valence electrons. The van der Waals surface area contributed by atoms with Crippen molar-refractivity contribution in [1.29, 1.82) is 0 Å². The Balaban J connectivity index is 1.68. The number of dihydropyridines is 1. The molecule has 2 atom stereocenters. The topological polar surface area (TPSA) is 144 Å². The highest BCUT2D eigenvalue weighted by Gasteiger charge is 2.51. The summed E-state index contributed by atoms with van der Waals surface area (Å²) >= 11 is 0. The normalized spacial score (nSPS) is 23.0.